The lowest BCUT2D eigenvalue weighted by Crippen LogP contribution is -2.41. The van der Waals surface area contributed by atoms with Crippen molar-refractivity contribution in [1.29, 1.82) is 0 Å². The van der Waals surface area contributed by atoms with Crippen LogP contribution in [0.25, 0.3) is 0 Å². The summed E-state index contributed by atoms with van der Waals surface area (Å²) < 4.78 is 42.2. The summed E-state index contributed by atoms with van der Waals surface area (Å²) >= 11 is 0. The SMILES string of the molecule is CCn1ccnc1CC(COCC(F)(F)F)NN. The van der Waals surface area contributed by atoms with Gasteiger partial charge in [0.05, 0.1) is 12.6 Å². The van der Waals surface area contributed by atoms with Crippen LogP contribution in [0.1, 0.15) is 12.7 Å². The molecule has 0 fully saturated rings. The van der Waals surface area contributed by atoms with Crippen LogP contribution in [-0.2, 0) is 17.7 Å². The topological polar surface area (TPSA) is 65.1 Å². The van der Waals surface area contributed by atoms with E-state index in [0.717, 1.165) is 12.4 Å². The molecular weight excluding hydrogens is 249 g/mol. The fourth-order valence-corrected chi connectivity index (χ4v) is 1.52. The van der Waals surface area contributed by atoms with E-state index in [4.69, 9.17) is 5.84 Å². The molecule has 0 amide bonds. The Bertz CT molecular complexity index is 353. The summed E-state index contributed by atoms with van der Waals surface area (Å²) in [6.45, 7) is 1.31. The minimum absolute atomic E-state index is 0.118. The van der Waals surface area contributed by atoms with E-state index < -0.39 is 18.8 Å². The number of aryl methyl sites for hydroxylation is 1. The van der Waals surface area contributed by atoms with Crippen LogP contribution in [0.5, 0.6) is 0 Å². The number of nitrogens with two attached hydrogens (primary N) is 1. The quantitative estimate of drug-likeness (QED) is 0.567. The molecule has 1 aromatic heterocycles. The van der Waals surface area contributed by atoms with E-state index in [1.807, 2.05) is 11.5 Å². The first-order valence-corrected chi connectivity index (χ1v) is 5.57. The average molecular weight is 266 g/mol. The summed E-state index contributed by atoms with van der Waals surface area (Å²) in [7, 11) is 0. The lowest BCUT2D eigenvalue weighted by atomic mass is 10.2. The number of imidazole rings is 1. The van der Waals surface area contributed by atoms with Crippen LogP contribution < -0.4 is 11.3 Å². The van der Waals surface area contributed by atoms with Gasteiger partial charge in [-0.05, 0) is 6.92 Å². The maximum atomic E-state index is 11.9. The van der Waals surface area contributed by atoms with Crippen molar-refractivity contribution in [2.75, 3.05) is 13.2 Å². The second kappa shape index (κ2) is 6.72. The Kier molecular flexibility index (Phi) is 5.57. The summed E-state index contributed by atoms with van der Waals surface area (Å²) in [6, 6.07) is -0.403. The summed E-state index contributed by atoms with van der Waals surface area (Å²) in [5, 5.41) is 0. The fourth-order valence-electron chi connectivity index (χ4n) is 1.52. The average Bonchev–Trinajstić information content (AvgIpc) is 2.73. The van der Waals surface area contributed by atoms with Crippen LogP contribution in [0.4, 0.5) is 13.2 Å². The van der Waals surface area contributed by atoms with Crippen molar-refractivity contribution in [3.05, 3.63) is 18.2 Å². The van der Waals surface area contributed by atoms with Crippen LogP contribution >= 0.6 is 0 Å². The van der Waals surface area contributed by atoms with Gasteiger partial charge in [-0.1, -0.05) is 0 Å². The Morgan fingerprint density at radius 3 is 2.83 bits per heavy atom. The third-order valence-corrected chi connectivity index (χ3v) is 2.39. The molecule has 0 radical (unpaired) electrons. The highest BCUT2D eigenvalue weighted by atomic mass is 19.4. The third kappa shape index (κ3) is 5.03. The van der Waals surface area contributed by atoms with Gasteiger partial charge < -0.3 is 9.30 Å². The molecule has 104 valence electrons. The summed E-state index contributed by atoms with van der Waals surface area (Å²) in [4.78, 5) is 4.12. The number of hydrogen-bond acceptors (Lipinski definition) is 4. The van der Waals surface area contributed by atoms with Crippen molar-refractivity contribution in [3.63, 3.8) is 0 Å². The molecule has 1 unspecified atom stereocenters. The molecule has 0 bridgehead atoms. The van der Waals surface area contributed by atoms with Gasteiger partial charge in [0, 0.05) is 25.4 Å². The van der Waals surface area contributed by atoms with Gasteiger partial charge in [0.1, 0.15) is 12.4 Å². The number of rotatable bonds is 7. The highest BCUT2D eigenvalue weighted by molar-refractivity contribution is 4.95. The van der Waals surface area contributed by atoms with Crippen molar-refractivity contribution in [3.8, 4) is 0 Å². The number of halogens is 3. The van der Waals surface area contributed by atoms with Crippen LogP contribution in [-0.4, -0.2) is 35.0 Å². The Balaban J connectivity index is 2.42. The summed E-state index contributed by atoms with van der Waals surface area (Å²) in [5.41, 5.74) is 2.43. The highest BCUT2D eigenvalue weighted by Gasteiger charge is 2.28. The second-order valence-corrected chi connectivity index (χ2v) is 3.83. The van der Waals surface area contributed by atoms with Gasteiger partial charge in [-0.2, -0.15) is 13.2 Å². The largest absolute Gasteiger partial charge is 0.411 e. The number of hydrogen-bond donors (Lipinski definition) is 2. The van der Waals surface area contributed by atoms with E-state index >= 15 is 0 Å². The van der Waals surface area contributed by atoms with Crippen LogP contribution in [0.3, 0.4) is 0 Å². The van der Waals surface area contributed by atoms with Crippen LogP contribution in [0, 0.1) is 0 Å². The lowest BCUT2D eigenvalue weighted by Gasteiger charge is -2.17. The van der Waals surface area contributed by atoms with Gasteiger partial charge in [0.2, 0.25) is 0 Å². The molecule has 0 saturated heterocycles. The minimum Gasteiger partial charge on any atom is -0.370 e. The number of aromatic nitrogens is 2. The molecule has 0 aliphatic carbocycles. The zero-order valence-corrected chi connectivity index (χ0v) is 10.1. The molecule has 1 rings (SSSR count). The number of alkyl halides is 3. The molecular formula is C10H17F3N4O. The van der Waals surface area contributed by atoms with Crippen molar-refractivity contribution >= 4 is 0 Å². The molecule has 0 aliphatic heterocycles. The van der Waals surface area contributed by atoms with Crippen LogP contribution in [0.15, 0.2) is 12.4 Å². The van der Waals surface area contributed by atoms with Crippen LogP contribution in [0.2, 0.25) is 0 Å². The van der Waals surface area contributed by atoms with Gasteiger partial charge in [0.15, 0.2) is 0 Å². The van der Waals surface area contributed by atoms with E-state index in [9.17, 15) is 13.2 Å². The Labute approximate surface area is 103 Å². The fraction of sp³-hybridized carbons (Fsp3) is 0.700. The molecule has 18 heavy (non-hydrogen) atoms. The van der Waals surface area contributed by atoms with Gasteiger partial charge in [-0.25, -0.2) is 4.98 Å². The second-order valence-electron chi connectivity index (χ2n) is 3.83. The first-order chi connectivity index (χ1) is 8.46. The van der Waals surface area contributed by atoms with Crippen molar-refractivity contribution < 1.29 is 17.9 Å². The maximum absolute atomic E-state index is 11.9. The molecule has 5 nitrogen and oxygen atoms in total. The molecule has 1 heterocycles. The molecule has 0 aliphatic rings. The zero-order chi connectivity index (χ0) is 13.6. The Morgan fingerprint density at radius 1 is 1.56 bits per heavy atom. The molecule has 1 atom stereocenters. The smallest absolute Gasteiger partial charge is 0.370 e. The zero-order valence-electron chi connectivity index (χ0n) is 10.1. The van der Waals surface area contributed by atoms with Gasteiger partial charge in [-0.3, -0.25) is 11.3 Å². The first kappa shape index (κ1) is 14.9. The lowest BCUT2D eigenvalue weighted by molar-refractivity contribution is -0.175. The Morgan fingerprint density at radius 2 is 2.28 bits per heavy atom. The third-order valence-electron chi connectivity index (χ3n) is 2.39. The highest BCUT2D eigenvalue weighted by Crippen LogP contribution is 2.14. The van der Waals surface area contributed by atoms with Gasteiger partial charge in [0.25, 0.3) is 0 Å². The predicted octanol–water partition coefficient (Wildman–Crippen LogP) is 0.856. The Hall–Kier alpha value is -1.12. The summed E-state index contributed by atoms with van der Waals surface area (Å²) in [5.74, 6) is 6.04. The van der Waals surface area contributed by atoms with E-state index in [1.54, 1.807) is 12.4 Å². The van der Waals surface area contributed by atoms with Crippen molar-refractivity contribution in [2.24, 2.45) is 5.84 Å². The van der Waals surface area contributed by atoms with E-state index in [-0.39, 0.29) is 6.61 Å². The molecule has 8 heteroatoms. The van der Waals surface area contributed by atoms with Gasteiger partial charge in [-0.15, -0.1) is 0 Å². The molecule has 3 N–H and O–H groups in total. The number of hydrazine groups is 1. The summed E-state index contributed by atoms with van der Waals surface area (Å²) in [6.07, 6.45) is -0.460. The predicted molar refractivity (Wildman–Crippen MR) is 59.6 cm³/mol. The molecule has 0 spiro atoms. The number of nitrogens with one attached hydrogen (secondary N) is 1. The van der Waals surface area contributed by atoms with Gasteiger partial charge >= 0.3 is 6.18 Å². The normalized spacial score (nSPS) is 13.8. The monoisotopic (exact) mass is 266 g/mol. The number of ether oxygens (including phenoxy) is 1. The van der Waals surface area contributed by atoms with E-state index in [0.29, 0.717) is 6.42 Å². The number of nitrogens with zero attached hydrogens (tertiary/aromatic N) is 2. The van der Waals surface area contributed by atoms with Crippen molar-refractivity contribution in [1.82, 2.24) is 15.0 Å². The molecule has 1 aromatic rings. The van der Waals surface area contributed by atoms with Crippen molar-refractivity contribution in [2.45, 2.75) is 32.1 Å². The first-order valence-electron chi connectivity index (χ1n) is 5.57. The van der Waals surface area contributed by atoms with E-state index in [1.165, 1.54) is 0 Å². The standard InChI is InChI=1S/C10H17F3N4O/c1-2-17-4-3-15-9(17)5-8(16-14)6-18-7-10(11,12)13/h3-4,8,16H,2,5-7,14H2,1H3. The minimum atomic E-state index is -4.32. The maximum Gasteiger partial charge on any atom is 0.411 e. The molecule has 0 saturated carbocycles. The van der Waals surface area contributed by atoms with E-state index in [2.05, 4.69) is 15.1 Å². The molecule has 0 aromatic carbocycles.